The first-order valence-electron chi connectivity index (χ1n) is 10.2. The average Bonchev–Trinajstić information content (AvgIpc) is 2.66. The monoisotopic (exact) mass is 376 g/mol. The van der Waals surface area contributed by atoms with Gasteiger partial charge in [0.05, 0.1) is 6.21 Å². The first kappa shape index (κ1) is 22.8. The van der Waals surface area contributed by atoms with Crippen LogP contribution in [0.1, 0.15) is 89.5 Å². The SMILES string of the molecule is CCCCCCCCCCCCCC(=O)N/N=C/c1cccc(SC)c1. The molecule has 0 saturated carbocycles. The number of unbranched alkanes of at least 4 members (excludes halogenated alkanes) is 10. The van der Waals surface area contributed by atoms with E-state index in [0.717, 1.165) is 18.4 Å². The number of benzene rings is 1. The van der Waals surface area contributed by atoms with Crippen molar-refractivity contribution < 1.29 is 4.79 Å². The molecule has 0 fully saturated rings. The molecule has 0 aliphatic carbocycles. The minimum atomic E-state index is 0.0122. The molecule has 26 heavy (non-hydrogen) atoms. The molecule has 0 atom stereocenters. The summed E-state index contributed by atoms with van der Waals surface area (Å²) in [6, 6.07) is 8.11. The van der Waals surface area contributed by atoms with Gasteiger partial charge in [-0.2, -0.15) is 5.10 Å². The maximum absolute atomic E-state index is 11.8. The van der Waals surface area contributed by atoms with Crippen molar-refractivity contribution >= 4 is 23.9 Å². The number of nitrogens with zero attached hydrogens (tertiary/aromatic N) is 1. The van der Waals surface area contributed by atoms with Crippen molar-refractivity contribution in [1.82, 2.24) is 5.43 Å². The molecule has 0 bridgehead atoms. The number of rotatable bonds is 15. The van der Waals surface area contributed by atoms with Crippen LogP contribution in [0, 0.1) is 0 Å². The van der Waals surface area contributed by atoms with Gasteiger partial charge in [0.15, 0.2) is 0 Å². The number of carbonyl (C=O) groups is 1. The highest BCUT2D eigenvalue weighted by Crippen LogP contribution is 2.14. The van der Waals surface area contributed by atoms with E-state index in [2.05, 4.69) is 29.6 Å². The molecule has 1 amide bonds. The van der Waals surface area contributed by atoms with E-state index in [0.29, 0.717) is 6.42 Å². The summed E-state index contributed by atoms with van der Waals surface area (Å²) in [5, 5.41) is 4.05. The molecular formula is C22H36N2OS. The topological polar surface area (TPSA) is 41.5 Å². The van der Waals surface area contributed by atoms with Crippen molar-refractivity contribution in [2.45, 2.75) is 88.9 Å². The van der Waals surface area contributed by atoms with E-state index < -0.39 is 0 Å². The summed E-state index contributed by atoms with van der Waals surface area (Å²) in [4.78, 5) is 13.0. The molecule has 1 N–H and O–H groups in total. The van der Waals surface area contributed by atoms with Gasteiger partial charge < -0.3 is 0 Å². The van der Waals surface area contributed by atoms with Crippen molar-refractivity contribution in [1.29, 1.82) is 0 Å². The molecule has 0 aliphatic rings. The zero-order valence-electron chi connectivity index (χ0n) is 16.6. The predicted octanol–water partition coefficient (Wildman–Crippen LogP) is 6.56. The third-order valence-electron chi connectivity index (χ3n) is 4.50. The van der Waals surface area contributed by atoms with Crippen molar-refractivity contribution in [3.05, 3.63) is 29.8 Å². The van der Waals surface area contributed by atoms with Gasteiger partial charge in [0.25, 0.3) is 0 Å². The van der Waals surface area contributed by atoms with Crippen LogP contribution in [0.4, 0.5) is 0 Å². The second-order valence-corrected chi connectivity index (χ2v) is 7.73. The second-order valence-electron chi connectivity index (χ2n) is 6.86. The van der Waals surface area contributed by atoms with Crippen LogP contribution in [0.5, 0.6) is 0 Å². The fourth-order valence-corrected chi connectivity index (χ4v) is 3.37. The smallest absolute Gasteiger partial charge is 0.240 e. The number of hydrogen-bond donors (Lipinski definition) is 1. The van der Waals surface area contributed by atoms with E-state index >= 15 is 0 Å². The molecule has 1 aromatic rings. The molecule has 0 unspecified atom stereocenters. The van der Waals surface area contributed by atoms with Crippen LogP contribution in [0.2, 0.25) is 0 Å². The third kappa shape index (κ3) is 12.1. The minimum absolute atomic E-state index is 0.0122. The Kier molecular flexibility index (Phi) is 13.9. The van der Waals surface area contributed by atoms with E-state index in [4.69, 9.17) is 0 Å². The van der Waals surface area contributed by atoms with Crippen LogP contribution >= 0.6 is 11.8 Å². The number of hydrogen-bond acceptors (Lipinski definition) is 3. The molecule has 0 aliphatic heterocycles. The molecule has 0 aromatic heterocycles. The van der Waals surface area contributed by atoms with Gasteiger partial charge in [-0.05, 0) is 30.4 Å². The Balaban J connectivity index is 1.97. The maximum atomic E-state index is 11.8. The zero-order valence-corrected chi connectivity index (χ0v) is 17.5. The summed E-state index contributed by atoms with van der Waals surface area (Å²) in [6.45, 7) is 2.26. The van der Waals surface area contributed by atoms with Crippen LogP contribution in [0.3, 0.4) is 0 Å². The normalized spacial score (nSPS) is 11.2. The first-order chi connectivity index (χ1) is 12.8. The summed E-state index contributed by atoms with van der Waals surface area (Å²) in [5.41, 5.74) is 3.63. The average molecular weight is 377 g/mol. The lowest BCUT2D eigenvalue weighted by atomic mass is 10.1. The number of amides is 1. The highest BCUT2D eigenvalue weighted by molar-refractivity contribution is 7.98. The molecule has 4 heteroatoms. The number of nitrogens with one attached hydrogen (secondary N) is 1. The van der Waals surface area contributed by atoms with Gasteiger partial charge in [0.2, 0.25) is 5.91 Å². The van der Waals surface area contributed by atoms with Crippen LogP contribution < -0.4 is 5.43 Å². The Morgan fingerprint density at radius 2 is 1.62 bits per heavy atom. The third-order valence-corrected chi connectivity index (χ3v) is 5.23. The molecule has 0 saturated heterocycles. The Morgan fingerprint density at radius 1 is 1.00 bits per heavy atom. The van der Waals surface area contributed by atoms with Gasteiger partial charge in [-0.3, -0.25) is 4.79 Å². The standard InChI is InChI=1S/C22H36N2OS/c1-3-4-5-6-7-8-9-10-11-12-13-17-22(25)24-23-19-20-15-14-16-21(18-20)26-2/h14-16,18-19H,3-13,17H2,1-2H3,(H,24,25)/b23-19+. The highest BCUT2D eigenvalue weighted by Gasteiger charge is 1.99. The van der Waals surface area contributed by atoms with Gasteiger partial charge in [-0.25, -0.2) is 5.43 Å². The van der Waals surface area contributed by atoms with E-state index in [1.807, 2.05) is 18.4 Å². The molecule has 1 aromatic carbocycles. The van der Waals surface area contributed by atoms with Gasteiger partial charge in [-0.1, -0.05) is 83.3 Å². The minimum Gasteiger partial charge on any atom is -0.273 e. The Hall–Kier alpha value is -1.29. The Morgan fingerprint density at radius 3 is 2.23 bits per heavy atom. The number of carbonyl (C=O) groups excluding carboxylic acids is 1. The molecule has 3 nitrogen and oxygen atoms in total. The fraction of sp³-hybridized carbons (Fsp3) is 0.636. The molecule has 0 radical (unpaired) electrons. The van der Waals surface area contributed by atoms with E-state index in [1.54, 1.807) is 18.0 Å². The van der Waals surface area contributed by atoms with Gasteiger partial charge in [-0.15, -0.1) is 11.8 Å². The van der Waals surface area contributed by atoms with Gasteiger partial charge in [0, 0.05) is 11.3 Å². The molecule has 146 valence electrons. The first-order valence-corrected chi connectivity index (χ1v) is 11.4. The molecule has 0 heterocycles. The van der Waals surface area contributed by atoms with Crippen molar-refractivity contribution in [3.63, 3.8) is 0 Å². The fourth-order valence-electron chi connectivity index (χ4n) is 2.91. The van der Waals surface area contributed by atoms with Crippen LogP contribution in [-0.2, 0) is 4.79 Å². The van der Waals surface area contributed by atoms with Crippen molar-refractivity contribution in [3.8, 4) is 0 Å². The number of thioether (sulfide) groups is 1. The van der Waals surface area contributed by atoms with E-state index in [9.17, 15) is 4.79 Å². The van der Waals surface area contributed by atoms with Gasteiger partial charge >= 0.3 is 0 Å². The van der Waals surface area contributed by atoms with Crippen molar-refractivity contribution in [2.75, 3.05) is 6.26 Å². The number of hydrazone groups is 1. The highest BCUT2D eigenvalue weighted by atomic mass is 32.2. The van der Waals surface area contributed by atoms with Crippen molar-refractivity contribution in [2.24, 2.45) is 5.10 Å². The Labute approximate surface area is 164 Å². The summed E-state index contributed by atoms with van der Waals surface area (Å²) in [5.74, 6) is 0.0122. The molecule has 1 rings (SSSR count). The maximum Gasteiger partial charge on any atom is 0.240 e. The lowest BCUT2D eigenvalue weighted by Gasteiger charge is -2.03. The van der Waals surface area contributed by atoms with Crippen LogP contribution in [0.25, 0.3) is 0 Å². The zero-order chi connectivity index (χ0) is 18.9. The lowest BCUT2D eigenvalue weighted by Crippen LogP contribution is -2.16. The lowest BCUT2D eigenvalue weighted by molar-refractivity contribution is -0.121. The van der Waals surface area contributed by atoms with E-state index in [-0.39, 0.29) is 5.91 Å². The van der Waals surface area contributed by atoms with Crippen LogP contribution in [-0.4, -0.2) is 18.4 Å². The predicted molar refractivity (Wildman–Crippen MR) is 115 cm³/mol. The molecule has 0 spiro atoms. The largest absolute Gasteiger partial charge is 0.273 e. The second kappa shape index (κ2) is 15.9. The quantitative estimate of drug-likeness (QED) is 0.163. The summed E-state index contributed by atoms with van der Waals surface area (Å²) in [7, 11) is 0. The molecular weight excluding hydrogens is 340 g/mol. The van der Waals surface area contributed by atoms with Gasteiger partial charge in [0.1, 0.15) is 0 Å². The summed E-state index contributed by atoms with van der Waals surface area (Å²) < 4.78 is 0. The van der Waals surface area contributed by atoms with Crippen LogP contribution in [0.15, 0.2) is 34.3 Å². The summed E-state index contributed by atoms with van der Waals surface area (Å²) in [6.07, 6.45) is 18.6. The Bertz CT molecular complexity index is 517. The summed E-state index contributed by atoms with van der Waals surface area (Å²) >= 11 is 1.70. The van der Waals surface area contributed by atoms with E-state index in [1.165, 1.54) is 62.7 Å².